The van der Waals surface area contributed by atoms with Crippen LogP contribution in [0.25, 0.3) is 0 Å². The minimum atomic E-state index is -4.35. The summed E-state index contributed by atoms with van der Waals surface area (Å²) in [6, 6.07) is 11.6. The van der Waals surface area contributed by atoms with Crippen LogP contribution >= 0.6 is 0 Å². The van der Waals surface area contributed by atoms with Crippen LogP contribution in [-0.2, 0) is 22.7 Å². The number of alkyl halides is 3. The lowest BCUT2D eigenvalue weighted by Crippen LogP contribution is -2.22. The van der Waals surface area contributed by atoms with E-state index >= 15 is 0 Å². The summed E-state index contributed by atoms with van der Waals surface area (Å²) in [4.78, 5) is 0. The summed E-state index contributed by atoms with van der Waals surface area (Å²) in [7, 11) is -3.39. The van der Waals surface area contributed by atoms with E-state index in [1.54, 1.807) is 38.1 Å². The van der Waals surface area contributed by atoms with Crippen molar-refractivity contribution in [2.24, 2.45) is 0 Å². The van der Waals surface area contributed by atoms with E-state index in [1.165, 1.54) is 12.1 Å². The smallest absolute Gasteiger partial charge is 0.381 e. The van der Waals surface area contributed by atoms with E-state index in [0.29, 0.717) is 17.9 Å². The monoisotopic (exact) mass is 372 g/mol. The van der Waals surface area contributed by atoms with Crippen molar-refractivity contribution in [1.29, 1.82) is 0 Å². The van der Waals surface area contributed by atoms with Crippen LogP contribution < -0.4 is 10.0 Å². The standard InChI is InChI=1S/C17H19F3N2O2S/c1-12(2)25(23,24)22-16-7-3-13(4-8-16)11-21-15-9-5-14(6-10-15)17(18,19)20/h3-10,12,21-22H,11H2,1-2H3. The van der Waals surface area contributed by atoms with Gasteiger partial charge >= 0.3 is 6.18 Å². The van der Waals surface area contributed by atoms with Crippen LogP contribution in [-0.4, -0.2) is 13.7 Å². The van der Waals surface area contributed by atoms with E-state index in [9.17, 15) is 21.6 Å². The minimum absolute atomic E-state index is 0.405. The second-order valence-corrected chi connectivity index (χ2v) is 8.06. The Bertz CT molecular complexity index is 799. The molecule has 0 radical (unpaired) electrons. The molecule has 0 amide bonds. The van der Waals surface area contributed by atoms with Gasteiger partial charge < -0.3 is 5.32 Å². The summed E-state index contributed by atoms with van der Waals surface area (Å²) < 4.78 is 63.6. The van der Waals surface area contributed by atoms with Gasteiger partial charge in [-0.2, -0.15) is 13.2 Å². The number of nitrogens with one attached hydrogen (secondary N) is 2. The summed E-state index contributed by atoms with van der Waals surface area (Å²) in [5, 5.41) is 2.49. The molecule has 136 valence electrons. The van der Waals surface area contributed by atoms with Crippen molar-refractivity contribution in [1.82, 2.24) is 0 Å². The molecular formula is C17H19F3N2O2S. The third kappa shape index (κ3) is 5.38. The first-order valence-electron chi connectivity index (χ1n) is 7.59. The average Bonchev–Trinajstić information content (AvgIpc) is 2.53. The fourth-order valence-corrected chi connectivity index (χ4v) is 2.65. The van der Waals surface area contributed by atoms with E-state index in [2.05, 4.69) is 10.0 Å². The topological polar surface area (TPSA) is 58.2 Å². The first-order chi connectivity index (χ1) is 11.6. The van der Waals surface area contributed by atoms with Gasteiger partial charge in [-0.1, -0.05) is 12.1 Å². The van der Waals surface area contributed by atoms with Crippen molar-refractivity contribution in [2.75, 3.05) is 10.0 Å². The zero-order chi connectivity index (χ0) is 18.7. The van der Waals surface area contributed by atoms with Gasteiger partial charge in [0.15, 0.2) is 0 Å². The lowest BCUT2D eigenvalue weighted by atomic mass is 10.2. The first kappa shape index (κ1) is 19.1. The minimum Gasteiger partial charge on any atom is -0.381 e. The van der Waals surface area contributed by atoms with Crippen molar-refractivity contribution in [3.63, 3.8) is 0 Å². The van der Waals surface area contributed by atoms with E-state index in [4.69, 9.17) is 0 Å². The van der Waals surface area contributed by atoms with Crippen molar-refractivity contribution < 1.29 is 21.6 Å². The van der Waals surface area contributed by atoms with Crippen molar-refractivity contribution >= 4 is 21.4 Å². The maximum atomic E-state index is 12.5. The molecule has 4 nitrogen and oxygen atoms in total. The Labute approximate surface area is 145 Å². The Morgan fingerprint density at radius 2 is 1.44 bits per heavy atom. The molecule has 0 fully saturated rings. The lowest BCUT2D eigenvalue weighted by molar-refractivity contribution is -0.137. The molecule has 0 spiro atoms. The highest BCUT2D eigenvalue weighted by molar-refractivity contribution is 7.93. The first-order valence-corrected chi connectivity index (χ1v) is 9.14. The molecule has 2 rings (SSSR count). The number of hydrogen-bond donors (Lipinski definition) is 2. The van der Waals surface area contributed by atoms with Gasteiger partial charge in [-0.3, -0.25) is 4.72 Å². The molecule has 25 heavy (non-hydrogen) atoms. The molecule has 0 unspecified atom stereocenters. The molecular weight excluding hydrogens is 353 g/mol. The Hall–Kier alpha value is -2.22. The second kappa shape index (κ2) is 7.35. The van der Waals surface area contributed by atoms with E-state index in [-0.39, 0.29) is 0 Å². The summed E-state index contributed by atoms with van der Waals surface area (Å²) >= 11 is 0. The average molecular weight is 372 g/mol. The second-order valence-electron chi connectivity index (χ2n) is 5.82. The summed E-state index contributed by atoms with van der Waals surface area (Å²) in [6.45, 7) is 3.58. The lowest BCUT2D eigenvalue weighted by Gasteiger charge is -2.12. The molecule has 0 saturated carbocycles. The zero-order valence-electron chi connectivity index (χ0n) is 13.8. The van der Waals surface area contributed by atoms with Crippen molar-refractivity contribution in [2.45, 2.75) is 31.8 Å². The normalized spacial score (nSPS) is 12.2. The molecule has 8 heteroatoms. The molecule has 2 aromatic rings. The molecule has 2 aromatic carbocycles. The van der Waals surface area contributed by atoms with Crippen LogP contribution in [0.3, 0.4) is 0 Å². The number of anilines is 2. The molecule has 0 heterocycles. The fraction of sp³-hybridized carbons (Fsp3) is 0.294. The summed E-state index contributed by atoms with van der Waals surface area (Å²) in [5.41, 5.74) is 1.21. The van der Waals surface area contributed by atoms with E-state index < -0.39 is 27.0 Å². The van der Waals surface area contributed by atoms with Crippen LogP contribution in [0, 0.1) is 0 Å². The van der Waals surface area contributed by atoms with Crippen LogP contribution in [0.15, 0.2) is 48.5 Å². The van der Waals surface area contributed by atoms with E-state index in [1.807, 2.05) is 0 Å². The number of sulfonamides is 1. The van der Waals surface area contributed by atoms with Gasteiger partial charge in [-0.15, -0.1) is 0 Å². The van der Waals surface area contributed by atoms with Crippen molar-refractivity contribution in [3.05, 3.63) is 59.7 Å². The van der Waals surface area contributed by atoms with Crippen LogP contribution in [0.1, 0.15) is 25.0 Å². The molecule has 0 bridgehead atoms. The number of benzene rings is 2. The fourth-order valence-electron chi connectivity index (χ4n) is 1.95. The Kier molecular flexibility index (Phi) is 5.62. The number of hydrogen-bond acceptors (Lipinski definition) is 3. The third-order valence-corrected chi connectivity index (χ3v) is 5.30. The molecule has 0 aliphatic heterocycles. The molecule has 0 aliphatic carbocycles. The molecule has 0 aromatic heterocycles. The predicted octanol–water partition coefficient (Wildman–Crippen LogP) is 4.47. The molecule has 0 aliphatic rings. The van der Waals surface area contributed by atoms with Crippen LogP contribution in [0.2, 0.25) is 0 Å². The largest absolute Gasteiger partial charge is 0.416 e. The highest BCUT2D eigenvalue weighted by atomic mass is 32.2. The van der Waals surface area contributed by atoms with Crippen LogP contribution in [0.4, 0.5) is 24.5 Å². The van der Waals surface area contributed by atoms with Crippen molar-refractivity contribution in [3.8, 4) is 0 Å². The highest BCUT2D eigenvalue weighted by Crippen LogP contribution is 2.29. The molecule has 0 saturated heterocycles. The quantitative estimate of drug-likeness (QED) is 0.787. The van der Waals surface area contributed by atoms with Gasteiger partial charge in [0, 0.05) is 17.9 Å². The number of rotatable bonds is 6. The van der Waals surface area contributed by atoms with Gasteiger partial charge in [0.25, 0.3) is 0 Å². The predicted molar refractivity (Wildman–Crippen MR) is 92.9 cm³/mol. The maximum Gasteiger partial charge on any atom is 0.416 e. The zero-order valence-corrected chi connectivity index (χ0v) is 14.6. The Morgan fingerprint density at radius 3 is 1.92 bits per heavy atom. The Morgan fingerprint density at radius 1 is 0.920 bits per heavy atom. The number of halogens is 3. The Balaban J connectivity index is 1.96. The van der Waals surface area contributed by atoms with Gasteiger partial charge in [-0.25, -0.2) is 8.42 Å². The molecule has 0 atom stereocenters. The maximum absolute atomic E-state index is 12.5. The van der Waals surface area contributed by atoms with Crippen LogP contribution in [0.5, 0.6) is 0 Å². The van der Waals surface area contributed by atoms with Gasteiger partial charge in [0.2, 0.25) is 10.0 Å². The van der Waals surface area contributed by atoms with Gasteiger partial charge in [0.05, 0.1) is 10.8 Å². The van der Waals surface area contributed by atoms with Gasteiger partial charge in [0.1, 0.15) is 0 Å². The van der Waals surface area contributed by atoms with Gasteiger partial charge in [-0.05, 0) is 55.8 Å². The third-order valence-electron chi connectivity index (χ3n) is 3.54. The molecule has 2 N–H and O–H groups in total. The summed E-state index contributed by atoms with van der Waals surface area (Å²) in [6.07, 6.45) is -4.35. The highest BCUT2D eigenvalue weighted by Gasteiger charge is 2.29. The summed E-state index contributed by atoms with van der Waals surface area (Å²) in [5.74, 6) is 0. The SMILES string of the molecule is CC(C)S(=O)(=O)Nc1ccc(CNc2ccc(C(F)(F)F)cc2)cc1. The van der Waals surface area contributed by atoms with E-state index in [0.717, 1.165) is 17.7 Å².